The van der Waals surface area contributed by atoms with E-state index in [1.165, 1.54) is 17.7 Å². The van der Waals surface area contributed by atoms with Crippen LogP contribution in [0.1, 0.15) is 64.8 Å². The summed E-state index contributed by atoms with van der Waals surface area (Å²) >= 11 is 0. The number of benzene rings is 2. The fourth-order valence-corrected chi connectivity index (χ4v) is 5.44. The van der Waals surface area contributed by atoms with Crippen molar-refractivity contribution in [3.05, 3.63) is 94.8 Å². The Hall–Kier alpha value is -3.81. The highest BCUT2D eigenvalue weighted by atomic mass is 19.4. The number of carbonyl (C=O) groups is 1. The van der Waals surface area contributed by atoms with E-state index in [1.807, 2.05) is 19.2 Å². The number of piperidine rings is 1. The van der Waals surface area contributed by atoms with Gasteiger partial charge in [0.25, 0.3) is 0 Å². The van der Waals surface area contributed by atoms with Crippen LogP contribution in [0.15, 0.2) is 66.9 Å². The molecule has 0 radical (unpaired) electrons. The van der Waals surface area contributed by atoms with Gasteiger partial charge >= 0.3 is 6.36 Å². The lowest BCUT2D eigenvalue weighted by molar-refractivity contribution is -0.274. The predicted molar refractivity (Wildman–Crippen MR) is 146 cm³/mol. The lowest BCUT2D eigenvalue weighted by atomic mass is 9.89. The minimum atomic E-state index is -4.68. The van der Waals surface area contributed by atoms with Gasteiger partial charge in [-0.1, -0.05) is 31.2 Å². The van der Waals surface area contributed by atoms with Crippen LogP contribution >= 0.6 is 0 Å². The number of aryl methyl sites for hydroxylation is 3. The summed E-state index contributed by atoms with van der Waals surface area (Å²) in [5.74, 6) is 0.230. The summed E-state index contributed by atoms with van der Waals surface area (Å²) in [6.07, 6.45) is 1.10. The smallest absolute Gasteiger partial charge is 0.406 e. The highest BCUT2D eigenvalue weighted by Gasteiger charge is 2.31. The van der Waals surface area contributed by atoms with Gasteiger partial charge in [-0.2, -0.15) is 5.10 Å². The van der Waals surface area contributed by atoms with Crippen LogP contribution in [0.5, 0.6) is 5.75 Å². The van der Waals surface area contributed by atoms with E-state index >= 15 is 0 Å². The van der Waals surface area contributed by atoms with Crippen molar-refractivity contribution in [1.82, 2.24) is 9.61 Å². The molecule has 0 saturated carbocycles. The fourth-order valence-electron chi connectivity index (χ4n) is 5.44. The highest BCUT2D eigenvalue weighted by Crippen LogP contribution is 2.32. The Bertz CT molecular complexity index is 1440. The zero-order valence-corrected chi connectivity index (χ0v) is 22.2. The van der Waals surface area contributed by atoms with Gasteiger partial charge in [-0.3, -0.25) is 4.79 Å². The lowest BCUT2D eigenvalue weighted by Crippen LogP contribution is -2.32. The molecule has 5 rings (SSSR count). The molecule has 0 aliphatic carbocycles. The van der Waals surface area contributed by atoms with E-state index < -0.39 is 6.36 Å². The summed E-state index contributed by atoms with van der Waals surface area (Å²) in [7, 11) is 0. The molecule has 1 fully saturated rings. The van der Waals surface area contributed by atoms with E-state index in [-0.39, 0.29) is 11.5 Å². The molecule has 1 saturated heterocycles. The number of carbonyl (C=O) groups excluding carboxylic acids is 1. The Morgan fingerprint density at radius 2 is 1.69 bits per heavy atom. The molecule has 1 aliphatic heterocycles. The SMILES string of the molecule is CCc1ccn2nc(C)c(C(=O)CCc3ccc(N4CCC(c5ccc(OC(F)(F)F)cc5)CC4)cc3)c2c1. The van der Waals surface area contributed by atoms with E-state index in [2.05, 4.69) is 52.0 Å². The van der Waals surface area contributed by atoms with E-state index in [4.69, 9.17) is 0 Å². The average Bonchev–Trinajstić information content (AvgIpc) is 3.26. The first-order valence-corrected chi connectivity index (χ1v) is 13.4. The molecule has 204 valence electrons. The van der Waals surface area contributed by atoms with Crippen molar-refractivity contribution in [1.29, 1.82) is 0 Å². The molecule has 8 heteroatoms. The second-order valence-electron chi connectivity index (χ2n) is 10.1. The number of halogens is 3. The molecule has 1 aliphatic rings. The molecule has 5 nitrogen and oxygen atoms in total. The summed E-state index contributed by atoms with van der Waals surface area (Å²) in [6.45, 7) is 5.73. The van der Waals surface area contributed by atoms with Gasteiger partial charge in [0.15, 0.2) is 5.78 Å². The Kier molecular flexibility index (Phi) is 7.64. The Labute approximate surface area is 226 Å². The van der Waals surface area contributed by atoms with Gasteiger partial charge in [0.1, 0.15) is 5.75 Å². The number of hydrogen-bond acceptors (Lipinski definition) is 4. The predicted octanol–water partition coefficient (Wildman–Crippen LogP) is 7.30. The number of Topliss-reactive ketones (excluding diaryl/α,β-unsaturated/α-hetero) is 1. The first-order chi connectivity index (χ1) is 18.7. The number of fused-ring (bicyclic) bond motifs is 1. The first-order valence-electron chi connectivity index (χ1n) is 13.4. The van der Waals surface area contributed by atoms with Gasteiger partial charge in [0, 0.05) is 31.4 Å². The van der Waals surface area contributed by atoms with E-state index in [0.717, 1.165) is 60.4 Å². The number of aromatic nitrogens is 2. The third-order valence-corrected chi connectivity index (χ3v) is 7.58. The molecule has 39 heavy (non-hydrogen) atoms. The number of rotatable bonds is 8. The Balaban J connectivity index is 1.15. The van der Waals surface area contributed by atoms with Crippen LogP contribution in [0, 0.1) is 6.92 Å². The number of ketones is 1. The van der Waals surface area contributed by atoms with E-state index in [9.17, 15) is 18.0 Å². The molecule has 0 amide bonds. The molecule has 3 heterocycles. The van der Waals surface area contributed by atoms with Crippen LogP contribution in [-0.4, -0.2) is 34.8 Å². The van der Waals surface area contributed by atoms with Gasteiger partial charge in [-0.25, -0.2) is 4.52 Å². The van der Waals surface area contributed by atoms with E-state index in [1.54, 1.807) is 16.6 Å². The van der Waals surface area contributed by atoms with Crippen LogP contribution in [0.2, 0.25) is 0 Å². The lowest BCUT2D eigenvalue weighted by Gasteiger charge is -2.34. The first kappa shape index (κ1) is 26.8. The minimum absolute atomic E-state index is 0.111. The largest absolute Gasteiger partial charge is 0.573 e. The van der Waals surface area contributed by atoms with Crippen LogP contribution in [0.4, 0.5) is 18.9 Å². The molecule has 0 bridgehead atoms. The summed E-state index contributed by atoms with van der Waals surface area (Å²) < 4.78 is 43.0. The van der Waals surface area contributed by atoms with Crippen LogP contribution in [0.3, 0.4) is 0 Å². The summed E-state index contributed by atoms with van der Waals surface area (Å²) in [5, 5.41) is 4.51. The second-order valence-corrected chi connectivity index (χ2v) is 10.1. The maximum atomic E-state index is 13.1. The van der Waals surface area contributed by atoms with Gasteiger partial charge < -0.3 is 9.64 Å². The third-order valence-electron chi connectivity index (χ3n) is 7.58. The maximum absolute atomic E-state index is 13.1. The molecule has 0 atom stereocenters. The summed E-state index contributed by atoms with van der Waals surface area (Å²) in [5.41, 5.74) is 6.83. The Morgan fingerprint density at radius 3 is 2.33 bits per heavy atom. The van der Waals surface area contributed by atoms with Gasteiger partial charge in [0.2, 0.25) is 0 Å². The number of hydrogen-bond donors (Lipinski definition) is 0. The molecule has 0 unspecified atom stereocenters. The Morgan fingerprint density at radius 1 is 1.00 bits per heavy atom. The zero-order chi connectivity index (χ0) is 27.6. The zero-order valence-electron chi connectivity index (χ0n) is 22.2. The molecule has 2 aromatic carbocycles. The van der Waals surface area contributed by atoms with Crippen molar-refractivity contribution in [3.8, 4) is 5.75 Å². The second kappa shape index (κ2) is 11.1. The normalized spacial score (nSPS) is 14.6. The minimum Gasteiger partial charge on any atom is -0.406 e. The van der Waals surface area contributed by atoms with Crippen molar-refractivity contribution >= 4 is 17.0 Å². The average molecular weight is 536 g/mol. The maximum Gasteiger partial charge on any atom is 0.573 e. The standard InChI is InChI=1S/C31H32F3N3O2/c1-3-22-14-19-37-28(20-22)30(21(2)35-37)29(38)13-6-23-4-9-26(10-5-23)36-17-15-25(16-18-36)24-7-11-27(12-8-24)39-31(32,33)34/h4-5,7-12,14,19-20,25H,3,6,13,15-18H2,1-2H3. The quantitative estimate of drug-likeness (QED) is 0.222. The number of anilines is 1. The van der Waals surface area contributed by atoms with Crippen LogP contribution in [-0.2, 0) is 12.8 Å². The third kappa shape index (κ3) is 6.27. The highest BCUT2D eigenvalue weighted by molar-refractivity contribution is 6.03. The molecular weight excluding hydrogens is 503 g/mol. The molecule has 0 spiro atoms. The van der Waals surface area contributed by atoms with Gasteiger partial charge in [0.05, 0.1) is 16.8 Å². The van der Waals surface area contributed by atoms with E-state index in [0.29, 0.717) is 24.3 Å². The summed E-state index contributed by atoms with van der Waals surface area (Å²) in [4.78, 5) is 15.5. The van der Waals surface area contributed by atoms with Crippen molar-refractivity contribution in [3.63, 3.8) is 0 Å². The number of alkyl halides is 3. The molecule has 0 N–H and O–H groups in total. The van der Waals surface area contributed by atoms with Gasteiger partial charge in [-0.15, -0.1) is 13.2 Å². The molecule has 4 aromatic rings. The summed E-state index contributed by atoms with van der Waals surface area (Å²) in [6, 6.07) is 18.7. The van der Waals surface area contributed by atoms with Crippen LogP contribution in [0.25, 0.3) is 5.52 Å². The van der Waals surface area contributed by atoms with Crippen molar-refractivity contribution in [2.24, 2.45) is 0 Å². The van der Waals surface area contributed by atoms with Crippen molar-refractivity contribution in [2.75, 3.05) is 18.0 Å². The van der Waals surface area contributed by atoms with Gasteiger partial charge in [-0.05, 0) is 91.6 Å². The number of pyridine rings is 1. The molecular formula is C31H32F3N3O2. The number of nitrogens with zero attached hydrogens (tertiary/aromatic N) is 3. The van der Waals surface area contributed by atoms with Crippen molar-refractivity contribution in [2.45, 2.75) is 58.2 Å². The topological polar surface area (TPSA) is 46.8 Å². The number of ether oxygens (including phenoxy) is 1. The van der Waals surface area contributed by atoms with Crippen LogP contribution < -0.4 is 9.64 Å². The molecule has 2 aromatic heterocycles. The monoisotopic (exact) mass is 535 g/mol. The van der Waals surface area contributed by atoms with Crippen molar-refractivity contribution < 1.29 is 22.7 Å². The fraction of sp³-hybridized carbons (Fsp3) is 0.355.